The van der Waals surface area contributed by atoms with E-state index in [1.807, 2.05) is 6.07 Å². The minimum Gasteiger partial charge on any atom is -0.444 e. The fraction of sp³-hybridized carbons (Fsp3) is 0.594. The number of rotatable bonds is 4. The predicted molar refractivity (Wildman–Crippen MR) is 169 cm³/mol. The topological polar surface area (TPSA) is 164 Å². The Labute approximate surface area is 274 Å². The number of carbonyl (C=O) groups is 5. The molecule has 13 nitrogen and oxygen atoms in total. The molecule has 3 aliphatic rings. The van der Waals surface area contributed by atoms with Gasteiger partial charge in [-0.15, -0.1) is 0 Å². The van der Waals surface area contributed by atoms with Gasteiger partial charge in [-0.2, -0.15) is 0 Å². The van der Waals surface area contributed by atoms with Crippen molar-refractivity contribution in [2.45, 2.75) is 95.0 Å². The first-order valence-electron chi connectivity index (χ1n) is 15.7. The van der Waals surface area contributed by atoms with Gasteiger partial charge in [0.2, 0.25) is 17.6 Å². The van der Waals surface area contributed by atoms with Crippen molar-refractivity contribution in [2.75, 3.05) is 26.8 Å². The average Bonchev–Trinajstić information content (AvgIpc) is 3.60. The summed E-state index contributed by atoms with van der Waals surface area (Å²) < 4.78 is 11.3. The van der Waals surface area contributed by atoms with Gasteiger partial charge in [-0.3, -0.25) is 29.5 Å². The molecule has 1 unspecified atom stereocenters. The number of carbonyl (C=O) groups excluding carboxylic acids is 5. The Morgan fingerprint density at radius 1 is 1.11 bits per heavy atom. The third kappa shape index (κ3) is 9.20. The number of benzene rings is 1. The first kappa shape index (κ1) is 35.2. The summed E-state index contributed by atoms with van der Waals surface area (Å²) in [7, 11) is 1.35. The van der Waals surface area contributed by atoms with Gasteiger partial charge in [-0.25, -0.2) is 4.79 Å². The highest BCUT2D eigenvalue weighted by Crippen LogP contribution is 2.38. The molecule has 1 spiro atoms. The number of Topliss-reactive ketones (excluding diaryl/α,β-unsaturated/α-hetero) is 1. The standard InChI is InChI=1S/C32H44ClN5O8/c1-31(2,3)45-30(43)36-24-18-44-14-9-7-5-6-8-13-22(26(39)28(41)34-4)35-27(40)25-17-32(19-38(25)29(24)42)16-23(37-46-32)20-11-10-12-21(33)15-20/h10-12,15-16,22,24-25,37H,5-9,13-14,17-19H2,1-4H3,(H,34,41)(H,35,40)(H,36,43)/t22?,24-,25-,32+/m0/s1. The highest BCUT2D eigenvalue weighted by atomic mass is 35.5. The van der Waals surface area contributed by atoms with E-state index in [0.717, 1.165) is 31.2 Å². The largest absolute Gasteiger partial charge is 0.444 e. The van der Waals surface area contributed by atoms with Gasteiger partial charge >= 0.3 is 6.09 Å². The zero-order valence-corrected chi connectivity index (χ0v) is 27.5. The SMILES string of the molecule is CNC(=O)C(=O)C1CCCCCCCOC[C@H](NC(=O)OC(C)(C)C)C(=O)N2C[C@@]3(C=C(c4cccc(Cl)c4)NO3)C[C@H]2C(=O)N1. The molecule has 4 rings (SSSR count). The van der Waals surface area contributed by atoms with E-state index in [2.05, 4.69) is 21.4 Å². The lowest BCUT2D eigenvalue weighted by Crippen LogP contribution is -2.57. The molecule has 252 valence electrons. The zero-order valence-electron chi connectivity index (χ0n) is 26.8. The van der Waals surface area contributed by atoms with E-state index in [9.17, 15) is 24.0 Å². The third-order valence-corrected chi connectivity index (χ3v) is 8.22. The van der Waals surface area contributed by atoms with Crippen molar-refractivity contribution in [1.29, 1.82) is 0 Å². The van der Waals surface area contributed by atoms with Crippen molar-refractivity contribution >= 4 is 46.9 Å². The number of hydrogen-bond acceptors (Lipinski definition) is 9. The summed E-state index contributed by atoms with van der Waals surface area (Å²) in [5.74, 6) is -2.78. The van der Waals surface area contributed by atoms with Crippen molar-refractivity contribution in [3.63, 3.8) is 0 Å². The highest BCUT2D eigenvalue weighted by Gasteiger charge is 2.53. The number of likely N-dealkylation sites (N-methyl/N-ethyl adjacent to an activating group) is 1. The number of hydrogen-bond donors (Lipinski definition) is 4. The van der Waals surface area contributed by atoms with Gasteiger partial charge in [0.25, 0.3) is 5.91 Å². The van der Waals surface area contributed by atoms with Gasteiger partial charge in [0.15, 0.2) is 0 Å². The molecule has 2 fully saturated rings. The molecule has 2 saturated heterocycles. The fourth-order valence-corrected chi connectivity index (χ4v) is 5.94. The second-order valence-electron chi connectivity index (χ2n) is 12.9. The van der Waals surface area contributed by atoms with Crippen LogP contribution < -0.4 is 21.4 Å². The first-order chi connectivity index (χ1) is 21.8. The second-order valence-corrected chi connectivity index (χ2v) is 13.3. The Morgan fingerprint density at radius 3 is 2.57 bits per heavy atom. The molecule has 1 aromatic carbocycles. The van der Waals surface area contributed by atoms with E-state index in [-0.39, 0.29) is 26.0 Å². The van der Waals surface area contributed by atoms with Crippen molar-refractivity contribution in [3.05, 3.63) is 40.9 Å². The molecule has 0 aromatic heterocycles. The van der Waals surface area contributed by atoms with Gasteiger partial charge in [0.1, 0.15) is 23.3 Å². The molecular formula is C32H44ClN5O8. The van der Waals surface area contributed by atoms with E-state index in [1.54, 1.807) is 45.0 Å². The van der Waals surface area contributed by atoms with Crippen molar-refractivity contribution in [1.82, 2.24) is 26.3 Å². The Bertz CT molecular complexity index is 1350. The van der Waals surface area contributed by atoms with Crippen LogP contribution >= 0.6 is 11.6 Å². The summed E-state index contributed by atoms with van der Waals surface area (Å²) in [6.07, 6.45) is 5.14. The molecule has 3 heterocycles. The maximum absolute atomic E-state index is 14.2. The fourth-order valence-electron chi connectivity index (χ4n) is 5.75. The summed E-state index contributed by atoms with van der Waals surface area (Å²) in [4.78, 5) is 73.7. The third-order valence-electron chi connectivity index (χ3n) is 7.98. The first-order valence-corrected chi connectivity index (χ1v) is 16.1. The van der Waals surface area contributed by atoms with E-state index < -0.39 is 58.9 Å². The Kier molecular flexibility index (Phi) is 11.7. The zero-order chi connectivity index (χ0) is 33.5. The Morgan fingerprint density at radius 2 is 1.85 bits per heavy atom. The minimum atomic E-state index is -1.18. The summed E-state index contributed by atoms with van der Waals surface area (Å²) in [6.45, 7) is 5.29. The average molecular weight is 662 g/mol. The molecule has 4 atom stereocenters. The summed E-state index contributed by atoms with van der Waals surface area (Å²) in [5, 5.41) is 8.23. The number of halogens is 1. The molecular weight excluding hydrogens is 618 g/mol. The van der Waals surface area contributed by atoms with Crippen LogP contribution in [0, 0.1) is 0 Å². The molecule has 3 aliphatic heterocycles. The van der Waals surface area contributed by atoms with Crippen LogP contribution in [0.15, 0.2) is 30.3 Å². The predicted octanol–water partition coefficient (Wildman–Crippen LogP) is 2.62. The van der Waals surface area contributed by atoms with Crippen LogP contribution in [0.3, 0.4) is 0 Å². The monoisotopic (exact) mass is 661 g/mol. The number of amides is 4. The van der Waals surface area contributed by atoms with E-state index in [0.29, 0.717) is 23.7 Å². The van der Waals surface area contributed by atoms with Crippen molar-refractivity contribution < 1.29 is 38.3 Å². The van der Waals surface area contributed by atoms with Crippen molar-refractivity contribution in [3.8, 4) is 0 Å². The van der Waals surface area contributed by atoms with Gasteiger partial charge in [0, 0.05) is 30.7 Å². The summed E-state index contributed by atoms with van der Waals surface area (Å²) >= 11 is 6.20. The Balaban J connectivity index is 1.68. The smallest absolute Gasteiger partial charge is 0.408 e. The number of nitrogens with zero attached hydrogens (tertiary/aromatic N) is 1. The summed E-state index contributed by atoms with van der Waals surface area (Å²) in [6, 6.07) is 3.76. The van der Waals surface area contributed by atoms with E-state index in [1.165, 1.54) is 11.9 Å². The maximum Gasteiger partial charge on any atom is 0.408 e. The minimum absolute atomic E-state index is 0.0303. The highest BCUT2D eigenvalue weighted by molar-refractivity contribution is 6.38. The number of fused-ring (bicyclic) bond motifs is 1. The molecule has 14 heteroatoms. The van der Waals surface area contributed by atoms with Crippen LogP contribution in [0.1, 0.15) is 71.3 Å². The van der Waals surface area contributed by atoms with Crippen LogP contribution in [0.4, 0.5) is 4.79 Å². The van der Waals surface area contributed by atoms with Crippen LogP contribution in [0.25, 0.3) is 5.70 Å². The van der Waals surface area contributed by atoms with Crippen LogP contribution in [-0.4, -0.2) is 90.6 Å². The lowest BCUT2D eigenvalue weighted by Gasteiger charge is -2.30. The summed E-state index contributed by atoms with van der Waals surface area (Å²) in [5.41, 5.74) is 2.31. The molecule has 0 aliphatic carbocycles. The van der Waals surface area contributed by atoms with Crippen LogP contribution in [-0.2, 0) is 33.5 Å². The number of alkyl carbamates (subject to hydrolysis) is 1. The van der Waals surface area contributed by atoms with E-state index >= 15 is 0 Å². The molecule has 46 heavy (non-hydrogen) atoms. The number of hydroxylamine groups is 1. The van der Waals surface area contributed by atoms with Gasteiger partial charge in [-0.05, 0) is 51.8 Å². The molecule has 4 amide bonds. The van der Waals surface area contributed by atoms with E-state index in [4.69, 9.17) is 25.9 Å². The Hall–Kier alpha value is -3.68. The normalized spacial score (nSPS) is 26.4. The van der Waals surface area contributed by atoms with Crippen molar-refractivity contribution in [2.24, 2.45) is 0 Å². The second kappa shape index (κ2) is 15.3. The molecule has 0 saturated carbocycles. The molecule has 0 bridgehead atoms. The van der Waals surface area contributed by atoms with Gasteiger partial charge in [0.05, 0.1) is 24.9 Å². The molecule has 0 radical (unpaired) electrons. The van der Waals surface area contributed by atoms with Gasteiger partial charge < -0.3 is 30.3 Å². The maximum atomic E-state index is 14.2. The van der Waals surface area contributed by atoms with Crippen LogP contribution in [0.5, 0.6) is 0 Å². The molecule has 4 N–H and O–H groups in total. The lowest BCUT2D eigenvalue weighted by atomic mass is 9.97. The number of ketones is 1. The van der Waals surface area contributed by atoms with Gasteiger partial charge in [-0.1, -0.05) is 49.4 Å². The van der Waals surface area contributed by atoms with Crippen LogP contribution in [0.2, 0.25) is 5.02 Å². The molecule has 1 aromatic rings. The quantitative estimate of drug-likeness (QED) is 0.355. The lowest BCUT2D eigenvalue weighted by molar-refractivity contribution is -0.143. The number of nitrogens with one attached hydrogen (secondary N) is 4. The number of ether oxygens (including phenoxy) is 2.